The van der Waals surface area contributed by atoms with Crippen molar-refractivity contribution in [1.29, 1.82) is 0 Å². The summed E-state index contributed by atoms with van der Waals surface area (Å²) >= 11 is 0. The number of nitrogens with zero attached hydrogens (tertiary/aromatic N) is 3. The molecule has 76 valence electrons. The molecule has 0 aliphatic heterocycles. The lowest BCUT2D eigenvalue weighted by Gasteiger charge is -1.94. The molecule has 0 saturated carbocycles. The molecule has 0 atom stereocenters. The van der Waals surface area contributed by atoms with Crippen LogP contribution >= 0.6 is 0 Å². The fourth-order valence-corrected chi connectivity index (χ4v) is 1.03. The van der Waals surface area contributed by atoms with Crippen molar-refractivity contribution in [2.45, 2.75) is 26.2 Å². The number of azo groups is 1. The maximum atomic E-state index is 9.25. The van der Waals surface area contributed by atoms with Crippen LogP contribution in [0.15, 0.2) is 28.6 Å². The van der Waals surface area contributed by atoms with Crippen molar-refractivity contribution in [1.82, 2.24) is 4.98 Å². The summed E-state index contributed by atoms with van der Waals surface area (Å²) in [4.78, 5) is 3.70. The van der Waals surface area contributed by atoms with E-state index < -0.39 is 0 Å². The zero-order valence-electron chi connectivity index (χ0n) is 8.35. The molecule has 0 spiro atoms. The molecule has 4 heteroatoms. The Labute approximate surface area is 83.7 Å². The molecule has 0 radical (unpaired) electrons. The summed E-state index contributed by atoms with van der Waals surface area (Å²) in [5.74, 6) is -0.0632. The van der Waals surface area contributed by atoms with Gasteiger partial charge in [0.05, 0.1) is 6.54 Å². The molecule has 0 bridgehead atoms. The third-order valence-corrected chi connectivity index (χ3v) is 1.81. The van der Waals surface area contributed by atoms with Crippen LogP contribution in [-0.4, -0.2) is 16.6 Å². The lowest BCUT2D eigenvalue weighted by Crippen LogP contribution is -1.79. The van der Waals surface area contributed by atoms with Crippen molar-refractivity contribution < 1.29 is 5.11 Å². The number of pyridine rings is 1. The average Bonchev–Trinajstić information content (AvgIpc) is 2.20. The van der Waals surface area contributed by atoms with E-state index in [-0.39, 0.29) is 5.88 Å². The summed E-state index contributed by atoms with van der Waals surface area (Å²) in [5.41, 5.74) is 0.434. The van der Waals surface area contributed by atoms with Gasteiger partial charge in [0.15, 0.2) is 0 Å². The maximum absolute atomic E-state index is 9.25. The minimum Gasteiger partial charge on any atom is -0.492 e. The second-order valence-electron chi connectivity index (χ2n) is 3.02. The largest absolute Gasteiger partial charge is 0.492 e. The van der Waals surface area contributed by atoms with Crippen molar-refractivity contribution >= 4 is 5.69 Å². The molecular weight excluding hydrogens is 178 g/mol. The van der Waals surface area contributed by atoms with E-state index >= 15 is 0 Å². The topological polar surface area (TPSA) is 57.8 Å². The van der Waals surface area contributed by atoms with Crippen molar-refractivity contribution in [2.75, 3.05) is 6.54 Å². The van der Waals surface area contributed by atoms with Gasteiger partial charge >= 0.3 is 0 Å². The van der Waals surface area contributed by atoms with Crippen LogP contribution in [0.2, 0.25) is 0 Å². The second kappa shape index (κ2) is 6.07. The van der Waals surface area contributed by atoms with Gasteiger partial charge in [0.2, 0.25) is 5.88 Å². The summed E-state index contributed by atoms with van der Waals surface area (Å²) in [6, 6.07) is 3.41. The predicted molar refractivity (Wildman–Crippen MR) is 54.8 cm³/mol. The van der Waals surface area contributed by atoms with Crippen LogP contribution in [0.4, 0.5) is 5.69 Å². The minimum atomic E-state index is -0.0632. The highest BCUT2D eigenvalue weighted by Crippen LogP contribution is 2.22. The first-order valence-corrected chi connectivity index (χ1v) is 4.86. The molecule has 1 rings (SSSR count). The van der Waals surface area contributed by atoms with E-state index in [1.807, 2.05) is 0 Å². The number of hydrogen-bond donors (Lipinski definition) is 1. The Balaban J connectivity index is 2.40. The summed E-state index contributed by atoms with van der Waals surface area (Å²) < 4.78 is 0. The molecular formula is C10H15N3O. The number of rotatable bonds is 5. The van der Waals surface area contributed by atoms with Crippen molar-refractivity contribution in [2.24, 2.45) is 10.2 Å². The normalized spacial score (nSPS) is 10.9. The highest BCUT2D eigenvalue weighted by molar-refractivity contribution is 5.44. The third kappa shape index (κ3) is 3.51. The minimum absolute atomic E-state index is 0.0632. The molecule has 1 N–H and O–H groups in total. The Bertz CT molecular complexity index is 299. The lowest BCUT2D eigenvalue weighted by atomic mass is 10.3. The fraction of sp³-hybridized carbons (Fsp3) is 0.500. The Morgan fingerprint density at radius 2 is 2.29 bits per heavy atom. The smallest absolute Gasteiger partial charge is 0.239 e. The van der Waals surface area contributed by atoms with Gasteiger partial charge < -0.3 is 5.11 Å². The standard InChI is InChI=1S/C10H15N3O/c1-2-3-4-8-12-13-9-6-5-7-11-10(9)14/h5-7H,2-4,8H2,1H3,(H,11,14)/b13-12+. The van der Waals surface area contributed by atoms with Gasteiger partial charge in [-0.3, -0.25) is 0 Å². The molecule has 1 aromatic rings. The van der Waals surface area contributed by atoms with Gasteiger partial charge in [0.25, 0.3) is 0 Å². The molecule has 0 saturated heterocycles. The van der Waals surface area contributed by atoms with E-state index in [9.17, 15) is 5.11 Å². The molecule has 0 fully saturated rings. The number of hydrogen-bond acceptors (Lipinski definition) is 4. The van der Waals surface area contributed by atoms with Gasteiger partial charge in [0.1, 0.15) is 5.69 Å². The molecule has 0 aliphatic carbocycles. The monoisotopic (exact) mass is 193 g/mol. The van der Waals surface area contributed by atoms with Gasteiger partial charge in [0, 0.05) is 6.20 Å². The predicted octanol–water partition coefficient (Wildman–Crippen LogP) is 3.06. The van der Waals surface area contributed by atoms with E-state index in [2.05, 4.69) is 22.1 Å². The Hall–Kier alpha value is -1.45. The van der Waals surface area contributed by atoms with E-state index in [1.54, 1.807) is 12.1 Å². The van der Waals surface area contributed by atoms with Crippen LogP contribution < -0.4 is 0 Å². The van der Waals surface area contributed by atoms with Gasteiger partial charge in [-0.2, -0.15) is 10.2 Å². The molecule has 0 aromatic carbocycles. The molecule has 1 aromatic heterocycles. The summed E-state index contributed by atoms with van der Waals surface area (Å²) in [5, 5.41) is 17.1. The third-order valence-electron chi connectivity index (χ3n) is 1.81. The SMILES string of the molecule is CCCCC/N=N/c1cccnc1O. The van der Waals surface area contributed by atoms with Crippen molar-refractivity contribution in [3.05, 3.63) is 18.3 Å². The first-order chi connectivity index (χ1) is 6.84. The van der Waals surface area contributed by atoms with E-state index in [0.29, 0.717) is 12.2 Å². The molecule has 1 heterocycles. The second-order valence-corrected chi connectivity index (χ2v) is 3.02. The molecule has 14 heavy (non-hydrogen) atoms. The zero-order chi connectivity index (χ0) is 10.2. The van der Waals surface area contributed by atoms with E-state index in [0.717, 1.165) is 12.8 Å². The number of unbranched alkanes of at least 4 members (excludes halogenated alkanes) is 2. The van der Waals surface area contributed by atoms with Crippen LogP contribution in [0.1, 0.15) is 26.2 Å². The van der Waals surface area contributed by atoms with E-state index in [1.165, 1.54) is 12.6 Å². The van der Waals surface area contributed by atoms with Crippen molar-refractivity contribution in [3.63, 3.8) is 0 Å². The van der Waals surface area contributed by atoms with Crippen LogP contribution in [0.25, 0.3) is 0 Å². The highest BCUT2D eigenvalue weighted by atomic mass is 16.3. The molecule has 0 aliphatic rings. The molecule has 4 nitrogen and oxygen atoms in total. The van der Waals surface area contributed by atoms with Crippen LogP contribution in [0, 0.1) is 0 Å². The first-order valence-electron chi connectivity index (χ1n) is 4.86. The first kappa shape index (κ1) is 10.6. The van der Waals surface area contributed by atoms with Crippen LogP contribution in [0.3, 0.4) is 0 Å². The maximum Gasteiger partial charge on any atom is 0.239 e. The summed E-state index contributed by atoms with van der Waals surface area (Å²) in [6.45, 7) is 2.85. The van der Waals surface area contributed by atoms with Crippen LogP contribution in [0.5, 0.6) is 5.88 Å². The Morgan fingerprint density at radius 1 is 1.43 bits per heavy atom. The van der Waals surface area contributed by atoms with Gasteiger partial charge in [-0.15, -0.1) is 0 Å². The summed E-state index contributed by atoms with van der Waals surface area (Å²) in [6.07, 6.45) is 4.90. The Morgan fingerprint density at radius 3 is 3.00 bits per heavy atom. The molecule has 0 amide bonds. The quantitative estimate of drug-likeness (QED) is 0.577. The lowest BCUT2D eigenvalue weighted by molar-refractivity contribution is 0.454. The summed E-state index contributed by atoms with van der Waals surface area (Å²) in [7, 11) is 0. The number of aromatic nitrogens is 1. The fourth-order valence-electron chi connectivity index (χ4n) is 1.03. The van der Waals surface area contributed by atoms with Gasteiger partial charge in [-0.05, 0) is 18.6 Å². The molecule has 0 unspecified atom stereocenters. The zero-order valence-corrected chi connectivity index (χ0v) is 8.35. The number of aromatic hydroxyl groups is 1. The Kier molecular flexibility index (Phi) is 4.61. The van der Waals surface area contributed by atoms with E-state index in [4.69, 9.17) is 0 Å². The van der Waals surface area contributed by atoms with Crippen LogP contribution in [-0.2, 0) is 0 Å². The van der Waals surface area contributed by atoms with Crippen molar-refractivity contribution in [3.8, 4) is 5.88 Å². The van der Waals surface area contributed by atoms with Gasteiger partial charge in [-0.25, -0.2) is 4.98 Å². The highest BCUT2D eigenvalue weighted by Gasteiger charge is 1.96. The average molecular weight is 193 g/mol. The van der Waals surface area contributed by atoms with Gasteiger partial charge in [-0.1, -0.05) is 19.8 Å².